The number of methoxy groups -OCH3 is 3. The van der Waals surface area contributed by atoms with Crippen LogP contribution in [0.2, 0.25) is 0 Å². The van der Waals surface area contributed by atoms with E-state index >= 15 is 0 Å². The largest absolute Gasteiger partial charge is 0.493 e. The summed E-state index contributed by atoms with van der Waals surface area (Å²) in [5, 5.41) is 0.742. The molecule has 2 fully saturated rings. The van der Waals surface area contributed by atoms with Crippen LogP contribution in [0.1, 0.15) is 47.5 Å². The van der Waals surface area contributed by atoms with Gasteiger partial charge in [-0.2, -0.15) is 0 Å². The predicted molar refractivity (Wildman–Crippen MR) is 126 cm³/mol. The molecule has 2 aliphatic rings. The summed E-state index contributed by atoms with van der Waals surface area (Å²) in [6, 6.07) is 4.35. The van der Waals surface area contributed by atoms with Crippen LogP contribution in [0.5, 0.6) is 17.2 Å². The number of carbonyl (C=O) groups excluding carboxylic acids is 1. The van der Waals surface area contributed by atoms with Crippen molar-refractivity contribution in [1.29, 1.82) is 0 Å². The zero-order valence-electron chi connectivity index (χ0n) is 19.5. The average Bonchev–Trinajstić information content (AvgIpc) is 3.24. The Bertz CT molecular complexity index is 947. The van der Waals surface area contributed by atoms with E-state index in [1.807, 2.05) is 24.0 Å². The van der Waals surface area contributed by atoms with Gasteiger partial charge in [0.05, 0.1) is 32.6 Å². The molecule has 1 amide bonds. The molecule has 2 saturated heterocycles. The lowest BCUT2D eigenvalue weighted by molar-refractivity contribution is 0.0593. The molecule has 0 spiro atoms. The molecular formula is C24H33N3O4S. The van der Waals surface area contributed by atoms with Crippen LogP contribution in [0.25, 0.3) is 10.6 Å². The van der Waals surface area contributed by atoms with Crippen LogP contribution in [0.15, 0.2) is 12.1 Å². The first-order valence-corrected chi connectivity index (χ1v) is 12.2. The second kappa shape index (κ2) is 10.1. The highest BCUT2D eigenvalue weighted by atomic mass is 32.1. The number of aromatic nitrogens is 1. The molecule has 0 bridgehead atoms. The Morgan fingerprint density at radius 1 is 0.969 bits per heavy atom. The van der Waals surface area contributed by atoms with E-state index in [1.165, 1.54) is 43.7 Å². The lowest BCUT2D eigenvalue weighted by Gasteiger charge is -2.40. The summed E-state index contributed by atoms with van der Waals surface area (Å²) in [5.41, 5.74) is 1.55. The second-order valence-corrected chi connectivity index (χ2v) is 9.43. The average molecular weight is 460 g/mol. The van der Waals surface area contributed by atoms with Gasteiger partial charge >= 0.3 is 0 Å². The van der Waals surface area contributed by atoms with Gasteiger partial charge in [0, 0.05) is 19.1 Å². The first-order chi connectivity index (χ1) is 15.6. The molecule has 3 heterocycles. The third-order valence-corrected chi connectivity index (χ3v) is 7.76. The van der Waals surface area contributed by atoms with Gasteiger partial charge in [-0.25, -0.2) is 4.98 Å². The summed E-state index contributed by atoms with van der Waals surface area (Å²) in [7, 11) is 4.77. The molecule has 0 saturated carbocycles. The van der Waals surface area contributed by atoms with Gasteiger partial charge in [0.2, 0.25) is 5.75 Å². The molecule has 32 heavy (non-hydrogen) atoms. The van der Waals surface area contributed by atoms with Crippen molar-refractivity contribution >= 4 is 17.2 Å². The minimum Gasteiger partial charge on any atom is -0.493 e. The number of amides is 1. The predicted octanol–water partition coefficient (Wildman–Crippen LogP) is 4.23. The van der Waals surface area contributed by atoms with E-state index in [2.05, 4.69) is 4.90 Å². The van der Waals surface area contributed by atoms with Crippen molar-refractivity contribution in [1.82, 2.24) is 14.8 Å². The third-order valence-electron chi connectivity index (χ3n) is 6.58. The summed E-state index contributed by atoms with van der Waals surface area (Å²) in [6.07, 6.45) is 6.08. The number of piperidine rings is 2. The number of nitrogens with zero attached hydrogens (tertiary/aromatic N) is 3. The molecule has 0 aliphatic carbocycles. The molecule has 4 rings (SSSR count). The van der Waals surface area contributed by atoms with E-state index in [4.69, 9.17) is 19.2 Å². The number of hydrogen-bond donors (Lipinski definition) is 0. The van der Waals surface area contributed by atoms with Gasteiger partial charge in [-0.15, -0.1) is 11.3 Å². The Hall–Kier alpha value is -2.32. The van der Waals surface area contributed by atoms with Crippen LogP contribution < -0.4 is 14.2 Å². The molecule has 2 aromatic rings. The van der Waals surface area contributed by atoms with Crippen LogP contribution in [-0.4, -0.2) is 74.2 Å². The van der Waals surface area contributed by atoms with E-state index in [1.54, 1.807) is 21.3 Å². The van der Waals surface area contributed by atoms with Crippen molar-refractivity contribution in [2.24, 2.45) is 0 Å². The maximum atomic E-state index is 13.3. The number of benzene rings is 1. The Labute approximate surface area is 194 Å². The lowest BCUT2D eigenvalue weighted by Crippen LogP contribution is -2.48. The van der Waals surface area contributed by atoms with Crippen molar-refractivity contribution in [3.63, 3.8) is 0 Å². The van der Waals surface area contributed by atoms with E-state index in [0.717, 1.165) is 42.2 Å². The smallest absolute Gasteiger partial charge is 0.265 e. The van der Waals surface area contributed by atoms with E-state index < -0.39 is 0 Å². The standard InChI is InChI=1S/C24H33N3O4S/c1-16-22(24(28)27-14-10-17(11-15-27)26-12-6-5-7-13-26)32-23(25-16)18-8-9-19(29-2)21(31-4)20(18)30-3/h8-9,17H,5-7,10-15H2,1-4H3. The zero-order valence-corrected chi connectivity index (χ0v) is 20.3. The fourth-order valence-electron chi connectivity index (χ4n) is 4.84. The van der Waals surface area contributed by atoms with Gasteiger partial charge in [-0.1, -0.05) is 6.42 Å². The van der Waals surface area contributed by atoms with Crippen molar-refractivity contribution < 1.29 is 19.0 Å². The highest BCUT2D eigenvalue weighted by molar-refractivity contribution is 7.17. The monoisotopic (exact) mass is 459 g/mol. The van der Waals surface area contributed by atoms with Gasteiger partial charge in [-0.3, -0.25) is 4.79 Å². The van der Waals surface area contributed by atoms with Crippen LogP contribution >= 0.6 is 11.3 Å². The van der Waals surface area contributed by atoms with E-state index in [0.29, 0.717) is 28.2 Å². The fraction of sp³-hybridized carbons (Fsp3) is 0.583. The molecule has 0 unspecified atom stereocenters. The number of ether oxygens (including phenoxy) is 3. The minimum atomic E-state index is 0.0859. The van der Waals surface area contributed by atoms with Gasteiger partial charge in [0.25, 0.3) is 5.91 Å². The fourth-order valence-corrected chi connectivity index (χ4v) is 5.90. The normalized spacial score (nSPS) is 17.9. The molecular weight excluding hydrogens is 426 g/mol. The number of rotatable bonds is 6. The first kappa shape index (κ1) is 22.9. The number of thiazole rings is 1. The van der Waals surface area contributed by atoms with Gasteiger partial charge in [0.1, 0.15) is 9.88 Å². The van der Waals surface area contributed by atoms with Crippen LogP contribution in [0, 0.1) is 6.92 Å². The topological polar surface area (TPSA) is 64.1 Å². The van der Waals surface area contributed by atoms with Gasteiger partial charge in [-0.05, 0) is 57.8 Å². The lowest BCUT2D eigenvalue weighted by atomic mass is 10.00. The summed E-state index contributed by atoms with van der Waals surface area (Å²) >= 11 is 1.42. The number of carbonyl (C=O) groups is 1. The Balaban J connectivity index is 1.51. The van der Waals surface area contributed by atoms with Gasteiger partial charge < -0.3 is 24.0 Å². The zero-order chi connectivity index (χ0) is 22.7. The number of hydrogen-bond acceptors (Lipinski definition) is 7. The summed E-state index contributed by atoms with van der Waals surface area (Å²) < 4.78 is 16.5. The van der Waals surface area contributed by atoms with Crippen molar-refractivity contribution in [3.05, 3.63) is 22.7 Å². The van der Waals surface area contributed by atoms with Crippen LogP contribution in [-0.2, 0) is 0 Å². The molecule has 7 nitrogen and oxygen atoms in total. The molecule has 174 valence electrons. The maximum absolute atomic E-state index is 13.3. The summed E-state index contributed by atoms with van der Waals surface area (Å²) in [6.45, 7) is 5.95. The SMILES string of the molecule is COc1ccc(-c2nc(C)c(C(=O)N3CCC(N4CCCCC4)CC3)s2)c(OC)c1OC. The summed E-state index contributed by atoms with van der Waals surface area (Å²) in [4.78, 5) is 23.4. The maximum Gasteiger partial charge on any atom is 0.265 e. The Morgan fingerprint density at radius 3 is 2.28 bits per heavy atom. The molecule has 2 aliphatic heterocycles. The van der Waals surface area contributed by atoms with Crippen molar-refractivity contribution in [2.45, 2.75) is 45.1 Å². The third kappa shape index (κ3) is 4.43. The van der Waals surface area contributed by atoms with Gasteiger partial charge in [0.15, 0.2) is 11.5 Å². The molecule has 0 atom stereocenters. The first-order valence-electron chi connectivity index (χ1n) is 11.4. The minimum absolute atomic E-state index is 0.0859. The molecule has 8 heteroatoms. The molecule has 1 aromatic heterocycles. The van der Waals surface area contributed by atoms with Crippen molar-refractivity contribution in [3.8, 4) is 27.8 Å². The quantitative estimate of drug-likeness (QED) is 0.644. The van der Waals surface area contributed by atoms with E-state index in [-0.39, 0.29) is 5.91 Å². The molecule has 1 aromatic carbocycles. The Morgan fingerprint density at radius 2 is 1.66 bits per heavy atom. The number of likely N-dealkylation sites (tertiary alicyclic amines) is 2. The highest BCUT2D eigenvalue weighted by Gasteiger charge is 2.30. The molecule has 0 N–H and O–H groups in total. The van der Waals surface area contributed by atoms with E-state index in [9.17, 15) is 4.79 Å². The molecule has 0 radical (unpaired) electrons. The van der Waals surface area contributed by atoms with Crippen LogP contribution in [0.4, 0.5) is 0 Å². The number of aryl methyl sites for hydroxylation is 1. The van der Waals surface area contributed by atoms with Crippen LogP contribution in [0.3, 0.4) is 0 Å². The Kier molecular flexibility index (Phi) is 7.20. The summed E-state index contributed by atoms with van der Waals surface area (Å²) in [5.74, 6) is 1.76. The highest BCUT2D eigenvalue weighted by Crippen LogP contribution is 2.45. The van der Waals surface area contributed by atoms with Crippen molar-refractivity contribution in [2.75, 3.05) is 47.5 Å². The second-order valence-electron chi connectivity index (χ2n) is 8.44.